The van der Waals surface area contributed by atoms with Gasteiger partial charge in [-0.15, -0.1) is 0 Å². The molecule has 1 aliphatic rings. The molecular weight excluding hydrogens is 256 g/mol. The van der Waals surface area contributed by atoms with Gasteiger partial charge in [0.1, 0.15) is 5.82 Å². The molecule has 0 aromatic carbocycles. The maximum atomic E-state index is 11.7. The summed E-state index contributed by atoms with van der Waals surface area (Å²) in [5.74, 6) is 1.30. The first-order valence-electron chi connectivity index (χ1n) is 6.91. The van der Waals surface area contributed by atoms with E-state index in [0.29, 0.717) is 22.9 Å². The average Bonchev–Trinajstić information content (AvgIpc) is 2.46. The minimum Gasteiger partial charge on any atom is -0.378 e. The summed E-state index contributed by atoms with van der Waals surface area (Å²) in [4.78, 5) is 22.7. The molecular formula is C14H18N4O2. The Morgan fingerprint density at radius 1 is 1.50 bits per heavy atom. The lowest BCUT2D eigenvalue weighted by atomic mass is 9.96. The summed E-state index contributed by atoms with van der Waals surface area (Å²) >= 11 is 0. The van der Waals surface area contributed by atoms with Crippen molar-refractivity contribution < 1.29 is 4.74 Å². The van der Waals surface area contributed by atoms with Gasteiger partial charge in [-0.3, -0.25) is 4.79 Å². The molecule has 0 amide bonds. The molecule has 3 heterocycles. The van der Waals surface area contributed by atoms with E-state index in [0.717, 1.165) is 31.8 Å². The number of hydrogen-bond donors (Lipinski definition) is 2. The molecule has 0 aliphatic carbocycles. The Kier molecular flexibility index (Phi) is 3.64. The van der Waals surface area contributed by atoms with Gasteiger partial charge in [0.05, 0.1) is 29.5 Å². The van der Waals surface area contributed by atoms with E-state index in [2.05, 4.69) is 27.2 Å². The quantitative estimate of drug-likeness (QED) is 0.887. The molecule has 2 aromatic rings. The number of aromatic nitrogens is 3. The van der Waals surface area contributed by atoms with Crippen molar-refractivity contribution in [3.63, 3.8) is 0 Å². The Labute approximate surface area is 116 Å². The van der Waals surface area contributed by atoms with E-state index >= 15 is 0 Å². The van der Waals surface area contributed by atoms with Crippen molar-refractivity contribution in [1.82, 2.24) is 15.0 Å². The zero-order chi connectivity index (χ0) is 13.9. The van der Waals surface area contributed by atoms with E-state index < -0.39 is 0 Å². The number of nitrogens with zero attached hydrogens (tertiary/aromatic N) is 2. The van der Waals surface area contributed by atoms with Gasteiger partial charge in [0, 0.05) is 13.2 Å². The van der Waals surface area contributed by atoms with Crippen LogP contribution in [0, 0.1) is 5.92 Å². The highest BCUT2D eigenvalue weighted by Crippen LogP contribution is 2.20. The second kappa shape index (κ2) is 5.58. The number of aromatic amines is 1. The zero-order valence-corrected chi connectivity index (χ0v) is 11.4. The summed E-state index contributed by atoms with van der Waals surface area (Å²) in [5.41, 5.74) is 0.471. The molecule has 0 spiro atoms. The van der Waals surface area contributed by atoms with Crippen molar-refractivity contribution in [3.05, 3.63) is 28.9 Å². The smallest absolute Gasteiger partial charge is 0.258 e. The van der Waals surface area contributed by atoms with Gasteiger partial charge in [0.15, 0.2) is 0 Å². The number of nitrogens with one attached hydrogen (secondary N) is 2. The van der Waals surface area contributed by atoms with Crippen LogP contribution in [0.4, 0.5) is 5.82 Å². The third-order valence-corrected chi connectivity index (χ3v) is 3.69. The van der Waals surface area contributed by atoms with Crippen LogP contribution in [0.25, 0.3) is 10.9 Å². The van der Waals surface area contributed by atoms with Gasteiger partial charge >= 0.3 is 0 Å². The Morgan fingerprint density at radius 3 is 3.25 bits per heavy atom. The van der Waals surface area contributed by atoms with Gasteiger partial charge < -0.3 is 15.0 Å². The van der Waals surface area contributed by atoms with E-state index in [4.69, 9.17) is 4.74 Å². The van der Waals surface area contributed by atoms with Crippen molar-refractivity contribution in [1.29, 1.82) is 0 Å². The van der Waals surface area contributed by atoms with Crippen LogP contribution >= 0.6 is 0 Å². The summed E-state index contributed by atoms with van der Waals surface area (Å²) in [6.07, 6.45) is 5.46. The van der Waals surface area contributed by atoms with Crippen LogP contribution in [0.15, 0.2) is 23.4 Å². The topological polar surface area (TPSA) is 79.9 Å². The summed E-state index contributed by atoms with van der Waals surface area (Å²) in [6, 6.07) is 1.75. The van der Waals surface area contributed by atoms with Gasteiger partial charge in [0.25, 0.3) is 5.56 Å². The number of H-pyrrole nitrogens is 1. The highest BCUT2D eigenvalue weighted by atomic mass is 16.5. The summed E-state index contributed by atoms with van der Waals surface area (Å²) in [6.45, 7) is 3.78. The van der Waals surface area contributed by atoms with Crippen LogP contribution in [0.2, 0.25) is 0 Å². The van der Waals surface area contributed by atoms with Crippen LogP contribution < -0.4 is 10.9 Å². The number of ether oxygens (including phenoxy) is 1. The molecule has 6 nitrogen and oxygen atoms in total. The first kappa shape index (κ1) is 13.1. The number of fused-ring (bicyclic) bond motifs is 1. The Balaban J connectivity index is 1.71. The minimum absolute atomic E-state index is 0.139. The molecule has 106 valence electrons. The van der Waals surface area contributed by atoms with Crippen LogP contribution in [0.3, 0.4) is 0 Å². The molecule has 2 atom stereocenters. The van der Waals surface area contributed by atoms with Crippen molar-refractivity contribution in [3.8, 4) is 0 Å². The Hall–Kier alpha value is -1.95. The number of hydrogen-bond acceptors (Lipinski definition) is 5. The molecule has 0 saturated carbocycles. The van der Waals surface area contributed by atoms with Crippen LogP contribution in [-0.2, 0) is 4.74 Å². The monoisotopic (exact) mass is 274 g/mol. The molecule has 2 N–H and O–H groups in total. The largest absolute Gasteiger partial charge is 0.378 e. The van der Waals surface area contributed by atoms with E-state index in [9.17, 15) is 4.79 Å². The third-order valence-electron chi connectivity index (χ3n) is 3.69. The number of anilines is 1. The third kappa shape index (κ3) is 2.80. The van der Waals surface area contributed by atoms with Gasteiger partial charge in [-0.25, -0.2) is 9.97 Å². The highest BCUT2D eigenvalue weighted by Gasteiger charge is 2.19. The fourth-order valence-corrected chi connectivity index (χ4v) is 2.59. The van der Waals surface area contributed by atoms with E-state index in [1.165, 1.54) is 6.33 Å². The lowest BCUT2D eigenvalue weighted by Gasteiger charge is -2.27. The van der Waals surface area contributed by atoms with Crippen LogP contribution in [-0.4, -0.2) is 34.2 Å². The summed E-state index contributed by atoms with van der Waals surface area (Å²) < 4.78 is 5.54. The van der Waals surface area contributed by atoms with Gasteiger partial charge in [-0.05, 0) is 31.7 Å². The molecule has 0 bridgehead atoms. The Morgan fingerprint density at radius 2 is 2.40 bits per heavy atom. The van der Waals surface area contributed by atoms with E-state index in [1.807, 2.05) is 0 Å². The van der Waals surface area contributed by atoms with Crippen molar-refractivity contribution >= 4 is 16.7 Å². The molecule has 3 rings (SSSR count). The van der Waals surface area contributed by atoms with Crippen molar-refractivity contribution in [2.24, 2.45) is 5.92 Å². The highest BCUT2D eigenvalue weighted by molar-refractivity contribution is 5.78. The number of pyridine rings is 1. The van der Waals surface area contributed by atoms with Crippen LogP contribution in [0.1, 0.15) is 19.8 Å². The Bertz CT molecular complexity index is 655. The maximum Gasteiger partial charge on any atom is 0.258 e. The standard InChI is InChI=1S/C14H18N4O2/c1-9-4-10(2-3-20-9)6-15-13-5-11-12(7-16-13)17-8-18-14(11)19/h5,7-10H,2-4,6H2,1H3,(H,15,16)(H,17,18,19). The molecule has 1 saturated heterocycles. The molecule has 2 aromatic heterocycles. The van der Waals surface area contributed by atoms with Gasteiger partial charge in [-0.2, -0.15) is 0 Å². The maximum absolute atomic E-state index is 11.7. The lowest BCUT2D eigenvalue weighted by molar-refractivity contribution is 0.00557. The van der Waals surface area contributed by atoms with Gasteiger partial charge in [0.2, 0.25) is 0 Å². The second-order valence-corrected chi connectivity index (χ2v) is 5.27. The van der Waals surface area contributed by atoms with Gasteiger partial charge in [-0.1, -0.05) is 0 Å². The molecule has 1 aliphatic heterocycles. The summed E-state index contributed by atoms with van der Waals surface area (Å²) in [7, 11) is 0. The fourth-order valence-electron chi connectivity index (χ4n) is 2.59. The first-order chi connectivity index (χ1) is 9.72. The van der Waals surface area contributed by atoms with Crippen LogP contribution in [0.5, 0.6) is 0 Å². The predicted octanol–water partition coefficient (Wildman–Crippen LogP) is 1.55. The van der Waals surface area contributed by atoms with Crippen molar-refractivity contribution in [2.75, 3.05) is 18.5 Å². The van der Waals surface area contributed by atoms with E-state index in [1.54, 1.807) is 12.3 Å². The molecule has 0 radical (unpaired) electrons. The average molecular weight is 274 g/mol. The number of rotatable bonds is 3. The molecule has 20 heavy (non-hydrogen) atoms. The normalized spacial score (nSPS) is 22.9. The second-order valence-electron chi connectivity index (χ2n) is 5.27. The van der Waals surface area contributed by atoms with Crippen molar-refractivity contribution in [2.45, 2.75) is 25.9 Å². The zero-order valence-electron chi connectivity index (χ0n) is 11.4. The molecule has 6 heteroatoms. The summed E-state index contributed by atoms with van der Waals surface area (Å²) in [5, 5.41) is 3.87. The lowest BCUT2D eigenvalue weighted by Crippen LogP contribution is -2.27. The van der Waals surface area contributed by atoms with E-state index in [-0.39, 0.29) is 5.56 Å². The minimum atomic E-state index is -0.139. The fraction of sp³-hybridized carbons (Fsp3) is 0.500. The molecule has 1 fully saturated rings. The predicted molar refractivity (Wildman–Crippen MR) is 76.8 cm³/mol. The first-order valence-corrected chi connectivity index (χ1v) is 6.91. The molecule has 2 unspecified atom stereocenters. The SMILES string of the molecule is CC1CC(CNc2cc3c(=O)[nH]cnc3cn2)CCO1.